The maximum Gasteiger partial charge on any atom is 0.249 e. The second-order valence-electron chi connectivity index (χ2n) is 6.31. The fraction of sp³-hybridized carbons (Fsp3) is 0.222. The molecule has 0 bridgehead atoms. The second kappa shape index (κ2) is 7.65. The Morgan fingerprint density at radius 1 is 0.964 bits per heavy atom. The molecular formula is C18H14Cl3N3O3S. The minimum atomic E-state index is -3.95. The van der Waals surface area contributed by atoms with Gasteiger partial charge in [-0.25, -0.2) is 8.42 Å². The Balaban J connectivity index is 1.67. The number of nitrogens with zero attached hydrogens (tertiary/aromatic N) is 3. The van der Waals surface area contributed by atoms with Crippen LogP contribution in [0.15, 0.2) is 51.8 Å². The fourth-order valence-corrected chi connectivity index (χ4v) is 5.76. The summed E-state index contributed by atoms with van der Waals surface area (Å²) in [5, 5.41) is 8.59. The summed E-state index contributed by atoms with van der Waals surface area (Å²) in [6, 6.07) is 11.5. The van der Waals surface area contributed by atoms with E-state index in [1.165, 1.54) is 16.4 Å². The first-order valence-corrected chi connectivity index (χ1v) is 11.0. The van der Waals surface area contributed by atoms with Crippen LogP contribution in [0.4, 0.5) is 0 Å². The number of hydrogen-bond donors (Lipinski definition) is 0. The third-order valence-corrected chi connectivity index (χ3v) is 7.49. The summed E-state index contributed by atoms with van der Waals surface area (Å²) < 4.78 is 33.5. The topological polar surface area (TPSA) is 76.3 Å². The van der Waals surface area contributed by atoms with Crippen molar-refractivity contribution in [2.24, 2.45) is 0 Å². The van der Waals surface area contributed by atoms with Gasteiger partial charge >= 0.3 is 0 Å². The van der Waals surface area contributed by atoms with Crippen LogP contribution >= 0.6 is 34.8 Å². The van der Waals surface area contributed by atoms with Gasteiger partial charge in [-0.1, -0.05) is 53.0 Å². The van der Waals surface area contributed by atoms with Crippen molar-refractivity contribution in [3.05, 3.63) is 63.4 Å². The van der Waals surface area contributed by atoms with E-state index in [1.807, 2.05) is 0 Å². The predicted molar refractivity (Wildman–Crippen MR) is 107 cm³/mol. The first-order valence-electron chi connectivity index (χ1n) is 8.41. The first-order chi connectivity index (χ1) is 13.4. The minimum Gasteiger partial charge on any atom is -0.419 e. The van der Waals surface area contributed by atoms with Gasteiger partial charge in [0, 0.05) is 6.04 Å². The summed E-state index contributed by atoms with van der Waals surface area (Å²) in [6.07, 6.45) is 1.49. The largest absolute Gasteiger partial charge is 0.419 e. The molecule has 4 rings (SSSR count). The molecule has 0 amide bonds. The van der Waals surface area contributed by atoms with Gasteiger partial charge in [-0.3, -0.25) is 0 Å². The Bertz CT molecular complexity index is 1110. The SMILES string of the molecule is O=S(=O)(c1c(Cl)cccc1Cl)N(Cc1nnc(-c2ccccc2Cl)o1)C1CC1. The molecule has 1 aromatic heterocycles. The monoisotopic (exact) mass is 457 g/mol. The lowest BCUT2D eigenvalue weighted by Crippen LogP contribution is -2.33. The van der Waals surface area contributed by atoms with Crippen molar-refractivity contribution < 1.29 is 12.8 Å². The van der Waals surface area contributed by atoms with Gasteiger partial charge in [0.15, 0.2) is 0 Å². The Hall–Kier alpha value is -1.64. The standard InChI is InChI=1S/C18H14Cl3N3O3S/c19-13-5-2-1-4-12(13)18-23-22-16(27-18)10-24(11-8-9-11)28(25,26)17-14(20)6-3-7-15(17)21/h1-7,11H,8-10H2. The zero-order valence-electron chi connectivity index (χ0n) is 14.3. The molecule has 0 aliphatic heterocycles. The van der Waals surface area contributed by atoms with E-state index < -0.39 is 10.0 Å². The first kappa shape index (κ1) is 19.7. The quantitative estimate of drug-likeness (QED) is 0.516. The van der Waals surface area contributed by atoms with Crippen LogP contribution in [0.1, 0.15) is 18.7 Å². The Kier molecular flexibility index (Phi) is 5.37. The molecular weight excluding hydrogens is 445 g/mol. The average Bonchev–Trinajstić information content (AvgIpc) is 3.37. The second-order valence-corrected chi connectivity index (χ2v) is 9.36. The fourth-order valence-electron chi connectivity index (χ4n) is 2.81. The molecule has 0 atom stereocenters. The molecule has 6 nitrogen and oxygen atoms in total. The van der Waals surface area contributed by atoms with Gasteiger partial charge in [-0.2, -0.15) is 4.31 Å². The van der Waals surface area contributed by atoms with Crippen molar-refractivity contribution in [3.63, 3.8) is 0 Å². The maximum absolute atomic E-state index is 13.2. The molecule has 0 saturated heterocycles. The Morgan fingerprint density at radius 3 is 2.25 bits per heavy atom. The highest BCUT2D eigenvalue weighted by Gasteiger charge is 2.41. The van der Waals surface area contributed by atoms with Gasteiger partial charge in [0.05, 0.1) is 27.2 Å². The number of halogens is 3. The molecule has 0 radical (unpaired) electrons. The summed E-state index contributed by atoms with van der Waals surface area (Å²) in [5.74, 6) is 0.387. The van der Waals surface area contributed by atoms with E-state index in [9.17, 15) is 8.42 Å². The molecule has 3 aromatic rings. The van der Waals surface area contributed by atoms with Crippen LogP contribution in [0.2, 0.25) is 15.1 Å². The van der Waals surface area contributed by atoms with Crippen molar-refractivity contribution in [2.45, 2.75) is 30.3 Å². The van der Waals surface area contributed by atoms with Crippen molar-refractivity contribution >= 4 is 44.8 Å². The summed E-state index contributed by atoms with van der Waals surface area (Å²) in [6.45, 7) is -0.0774. The molecule has 1 heterocycles. The van der Waals surface area contributed by atoms with Crippen LogP contribution in [0.5, 0.6) is 0 Å². The van der Waals surface area contributed by atoms with Gasteiger partial charge in [-0.15, -0.1) is 10.2 Å². The van der Waals surface area contributed by atoms with Crippen LogP contribution in [-0.4, -0.2) is 29.0 Å². The van der Waals surface area contributed by atoms with E-state index in [0.29, 0.717) is 10.6 Å². The van der Waals surface area contributed by atoms with E-state index in [0.717, 1.165) is 12.8 Å². The normalized spacial score (nSPS) is 14.6. The van der Waals surface area contributed by atoms with Crippen LogP contribution in [0.3, 0.4) is 0 Å². The third kappa shape index (κ3) is 3.77. The Labute approximate surface area is 177 Å². The number of hydrogen-bond acceptors (Lipinski definition) is 5. The minimum absolute atomic E-state index is 0.0698. The number of sulfonamides is 1. The van der Waals surface area contributed by atoms with Gasteiger partial charge in [0.2, 0.25) is 21.8 Å². The van der Waals surface area contributed by atoms with E-state index in [2.05, 4.69) is 10.2 Å². The van der Waals surface area contributed by atoms with E-state index in [4.69, 9.17) is 39.2 Å². The molecule has 1 aliphatic rings. The Morgan fingerprint density at radius 2 is 1.61 bits per heavy atom. The number of rotatable bonds is 6. The molecule has 0 unspecified atom stereocenters. The number of benzene rings is 2. The van der Waals surface area contributed by atoms with Gasteiger partial charge < -0.3 is 4.42 Å². The molecule has 146 valence electrons. The van der Waals surface area contributed by atoms with Crippen LogP contribution < -0.4 is 0 Å². The van der Waals surface area contributed by atoms with Crippen molar-refractivity contribution in [1.29, 1.82) is 0 Å². The highest BCUT2D eigenvalue weighted by atomic mass is 35.5. The molecule has 2 aromatic carbocycles. The van der Waals surface area contributed by atoms with Gasteiger partial charge in [0.1, 0.15) is 4.90 Å². The maximum atomic E-state index is 13.2. The lowest BCUT2D eigenvalue weighted by atomic mass is 10.2. The summed E-state index contributed by atoms with van der Waals surface area (Å²) >= 11 is 18.4. The number of aromatic nitrogens is 2. The van der Waals surface area contributed by atoms with Crippen molar-refractivity contribution in [2.75, 3.05) is 0 Å². The van der Waals surface area contributed by atoms with Gasteiger partial charge in [0.25, 0.3) is 0 Å². The average molecular weight is 459 g/mol. The summed E-state index contributed by atoms with van der Waals surface area (Å²) in [4.78, 5) is -0.115. The molecule has 1 aliphatic carbocycles. The van der Waals surface area contributed by atoms with Crippen LogP contribution in [0, 0.1) is 0 Å². The molecule has 0 N–H and O–H groups in total. The molecule has 0 spiro atoms. The van der Waals surface area contributed by atoms with E-state index in [1.54, 1.807) is 30.3 Å². The van der Waals surface area contributed by atoms with E-state index in [-0.39, 0.29) is 39.3 Å². The summed E-state index contributed by atoms with van der Waals surface area (Å²) in [5.41, 5.74) is 0.581. The van der Waals surface area contributed by atoms with Gasteiger partial charge in [-0.05, 0) is 37.1 Å². The molecule has 10 heteroatoms. The smallest absolute Gasteiger partial charge is 0.249 e. The van der Waals surface area contributed by atoms with Crippen LogP contribution in [0.25, 0.3) is 11.5 Å². The lowest BCUT2D eigenvalue weighted by Gasteiger charge is -2.21. The van der Waals surface area contributed by atoms with Crippen molar-refractivity contribution in [1.82, 2.24) is 14.5 Å². The highest BCUT2D eigenvalue weighted by molar-refractivity contribution is 7.89. The molecule has 1 saturated carbocycles. The lowest BCUT2D eigenvalue weighted by molar-refractivity contribution is 0.351. The highest BCUT2D eigenvalue weighted by Crippen LogP contribution is 2.38. The zero-order valence-corrected chi connectivity index (χ0v) is 17.4. The third-order valence-electron chi connectivity index (χ3n) is 4.30. The zero-order chi connectivity index (χ0) is 19.9. The predicted octanol–water partition coefficient (Wildman–Crippen LogP) is 5.05. The van der Waals surface area contributed by atoms with E-state index >= 15 is 0 Å². The molecule has 28 heavy (non-hydrogen) atoms. The molecule has 1 fully saturated rings. The van der Waals surface area contributed by atoms with Crippen LogP contribution in [-0.2, 0) is 16.6 Å². The van der Waals surface area contributed by atoms with Crippen molar-refractivity contribution in [3.8, 4) is 11.5 Å². The summed E-state index contributed by atoms with van der Waals surface area (Å²) in [7, 11) is -3.95.